The summed E-state index contributed by atoms with van der Waals surface area (Å²) in [6.45, 7) is 3.71. The molecule has 0 aromatic carbocycles. The van der Waals surface area contributed by atoms with Gasteiger partial charge in [0.2, 0.25) is 0 Å². The van der Waals surface area contributed by atoms with Crippen LogP contribution in [0.3, 0.4) is 0 Å². The highest BCUT2D eigenvalue weighted by molar-refractivity contribution is 7.09. The highest BCUT2D eigenvalue weighted by Gasteiger charge is 2.21. The molecule has 0 radical (unpaired) electrons. The van der Waals surface area contributed by atoms with Gasteiger partial charge in [0.1, 0.15) is 5.82 Å². The van der Waals surface area contributed by atoms with Gasteiger partial charge in [0.05, 0.1) is 6.54 Å². The van der Waals surface area contributed by atoms with Gasteiger partial charge in [0.25, 0.3) is 0 Å². The van der Waals surface area contributed by atoms with Crippen molar-refractivity contribution in [2.24, 2.45) is 0 Å². The van der Waals surface area contributed by atoms with Crippen molar-refractivity contribution in [3.63, 3.8) is 0 Å². The van der Waals surface area contributed by atoms with Gasteiger partial charge in [0.15, 0.2) is 0 Å². The number of amides is 2. The van der Waals surface area contributed by atoms with Gasteiger partial charge in [-0.1, -0.05) is 12.1 Å². The Bertz CT molecular complexity index is 565. The zero-order chi connectivity index (χ0) is 14.5. The summed E-state index contributed by atoms with van der Waals surface area (Å²) in [5, 5.41) is 4.99. The summed E-state index contributed by atoms with van der Waals surface area (Å²) >= 11 is 1.66. The molecule has 5 nitrogen and oxygen atoms in total. The molecule has 1 saturated heterocycles. The van der Waals surface area contributed by atoms with Crippen molar-refractivity contribution in [2.75, 3.05) is 31.1 Å². The molecule has 6 heteroatoms. The van der Waals surface area contributed by atoms with Gasteiger partial charge in [-0.25, -0.2) is 9.78 Å². The van der Waals surface area contributed by atoms with E-state index < -0.39 is 0 Å². The SMILES string of the molecule is O=C(NCc1cccs1)N1CCN(c2ccccn2)CC1. The summed E-state index contributed by atoms with van der Waals surface area (Å²) in [5.41, 5.74) is 0. The third-order valence-corrected chi connectivity index (χ3v) is 4.41. The van der Waals surface area contributed by atoms with Crippen LogP contribution in [0.2, 0.25) is 0 Å². The predicted octanol–water partition coefficient (Wildman–Crippen LogP) is 2.17. The fourth-order valence-corrected chi connectivity index (χ4v) is 3.01. The lowest BCUT2D eigenvalue weighted by atomic mass is 10.3. The smallest absolute Gasteiger partial charge is 0.317 e. The van der Waals surface area contributed by atoms with Crippen molar-refractivity contribution in [1.82, 2.24) is 15.2 Å². The van der Waals surface area contributed by atoms with E-state index in [1.807, 2.05) is 40.6 Å². The summed E-state index contributed by atoms with van der Waals surface area (Å²) in [4.78, 5) is 21.7. The number of carbonyl (C=O) groups is 1. The minimum Gasteiger partial charge on any atom is -0.353 e. The molecule has 2 aromatic rings. The molecule has 2 aromatic heterocycles. The highest BCUT2D eigenvalue weighted by atomic mass is 32.1. The summed E-state index contributed by atoms with van der Waals surface area (Å²) in [5.74, 6) is 0.983. The van der Waals surface area contributed by atoms with Crippen LogP contribution in [0, 0.1) is 0 Å². The van der Waals surface area contributed by atoms with Crippen molar-refractivity contribution in [3.8, 4) is 0 Å². The number of pyridine rings is 1. The normalized spacial score (nSPS) is 15.0. The minimum absolute atomic E-state index is 0.0177. The first-order valence-electron chi connectivity index (χ1n) is 7.04. The molecular formula is C15H18N4OS. The van der Waals surface area contributed by atoms with Crippen LogP contribution in [0.1, 0.15) is 4.88 Å². The van der Waals surface area contributed by atoms with Crippen LogP contribution in [0.15, 0.2) is 41.9 Å². The molecule has 3 heterocycles. The minimum atomic E-state index is 0.0177. The lowest BCUT2D eigenvalue weighted by Gasteiger charge is -2.35. The Morgan fingerprint density at radius 3 is 2.71 bits per heavy atom. The maximum Gasteiger partial charge on any atom is 0.317 e. The van der Waals surface area contributed by atoms with E-state index in [1.54, 1.807) is 17.5 Å². The first-order valence-corrected chi connectivity index (χ1v) is 7.92. The molecule has 21 heavy (non-hydrogen) atoms. The molecule has 1 aliphatic heterocycles. The summed E-state index contributed by atoms with van der Waals surface area (Å²) in [7, 11) is 0. The molecular weight excluding hydrogens is 284 g/mol. The highest BCUT2D eigenvalue weighted by Crippen LogP contribution is 2.13. The molecule has 3 rings (SSSR count). The van der Waals surface area contributed by atoms with E-state index >= 15 is 0 Å². The second-order valence-corrected chi connectivity index (χ2v) is 5.93. The Hall–Kier alpha value is -2.08. The monoisotopic (exact) mass is 302 g/mol. The van der Waals surface area contributed by atoms with Crippen molar-refractivity contribution in [2.45, 2.75) is 6.54 Å². The number of hydrogen-bond acceptors (Lipinski definition) is 4. The zero-order valence-electron chi connectivity index (χ0n) is 11.7. The molecule has 1 N–H and O–H groups in total. The fourth-order valence-electron chi connectivity index (χ4n) is 2.37. The Morgan fingerprint density at radius 1 is 1.19 bits per heavy atom. The van der Waals surface area contributed by atoms with Crippen molar-refractivity contribution >= 4 is 23.2 Å². The number of nitrogens with zero attached hydrogens (tertiary/aromatic N) is 3. The number of urea groups is 1. The van der Waals surface area contributed by atoms with E-state index in [1.165, 1.54) is 4.88 Å². The number of aromatic nitrogens is 1. The largest absolute Gasteiger partial charge is 0.353 e. The molecule has 0 unspecified atom stereocenters. The first-order chi connectivity index (χ1) is 10.3. The van der Waals surface area contributed by atoms with E-state index in [9.17, 15) is 4.79 Å². The molecule has 0 spiro atoms. The average molecular weight is 302 g/mol. The van der Waals surface area contributed by atoms with Crippen molar-refractivity contribution in [3.05, 3.63) is 46.8 Å². The lowest BCUT2D eigenvalue weighted by molar-refractivity contribution is 0.194. The maximum atomic E-state index is 12.1. The number of nitrogens with one attached hydrogen (secondary N) is 1. The van der Waals surface area contributed by atoms with Gasteiger partial charge in [0, 0.05) is 37.3 Å². The van der Waals surface area contributed by atoms with Gasteiger partial charge < -0.3 is 15.1 Å². The number of piperazine rings is 1. The number of rotatable bonds is 3. The number of carbonyl (C=O) groups excluding carboxylic acids is 1. The summed E-state index contributed by atoms with van der Waals surface area (Å²) < 4.78 is 0. The van der Waals surface area contributed by atoms with Crippen LogP contribution >= 0.6 is 11.3 Å². The molecule has 0 atom stereocenters. The molecule has 1 fully saturated rings. The standard InChI is InChI=1S/C15H18N4OS/c20-15(17-12-13-4-3-11-21-13)19-9-7-18(8-10-19)14-5-1-2-6-16-14/h1-6,11H,7-10,12H2,(H,17,20). The van der Waals surface area contributed by atoms with Gasteiger partial charge in [-0.3, -0.25) is 0 Å². The molecule has 0 saturated carbocycles. The van der Waals surface area contributed by atoms with Gasteiger partial charge in [-0.2, -0.15) is 0 Å². The topological polar surface area (TPSA) is 48.5 Å². The van der Waals surface area contributed by atoms with Crippen LogP contribution in [0.4, 0.5) is 10.6 Å². The third kappa shape index (κ3) is 3.52. The van der Waals surface area contributed by atoms with Gasteiger partial charge >= 0.3 is 6.03 Å². The van der Waals surface area contributed by atoms with Crippen molar-refractivity contribution < 1.29 is 4.79 Å². The summed E-state index contributed by atoms with van der Waals surface area (Å²) in [6.07, 6.45) is 1.80. The van der Waals surface area contributed by atoms with Crippen LogP contribution in [-0.4, -0.2) is 42.1 Å². The van der Waals surface area contributed by atoms with E-state index in [-0.39, 0.29) is 6.03 Å². The van der Waals surface area contributed by atoms with Gasteiger partial charge in [-0.15, -0.1) is 11.3 Å². The fraction of sp³-hybridized carbons (Fsp3) is 0.333. The van der Waals surface area contributed by atoms with E-state index in [4.69, 9.17) is 0 Å². The first kappa shape index (κ1) is 13.9. The molecule has 1 aliphatic rings. The quantitative estimate of drug-likeness (QED) is 0.945. The van der Waals surface area contributed by atoms with E-state index in [0.717, 1.165) is 32.0 Å². The number of hydrogen-bond donors (Lipinski definition) is 1. The Labute approximate surface area is 128 Å². The molecule has 2 amide bonds. The molecule has 0 bridgehead atoms. The molecule has 110 valence electrons. The Kier molecular flexibility index (Phi) is 4.35. The van der Waals surface area contributed by atoms with Crippen LogP contribution in [0.25, 0.3) is 0 Å². The van der Waals surface area contributed by atoms with Gasteiger partial charge in [-0.05, 0) is 23.6 Å². The second kappa shape index (κ2) is 6.58. The molecule has 0 aliphatic carbocycles. The third-order valence-electron chi connectivity index (χ3n) is 3.53. The number of anilines is 1. The van der Waals surface area contributed by atoms with Crippen LogP contribution in [-0.2, 0) is 6.54 Å². The zero-order valence-corrected chi connectivity index (χ0v) is 12.6. The van der Waals surface area contributed by atoms with Crippen molar-refractivity contribution in [1.29, 1.82) is 0 Å². The van der Waals surface area contributed by atoms with E-state index in [0.29, 0.717) is 6.54 Å². The number of thiophene rings is 1. The van der Waals surface area contributed by atoms with Crippen LogP contribution in [0.5, 0.6) is 0 Å². The average Bonchev–Trinajstić information content (AvgIpc) is 3.07. The maximum absolute atomic E-state index is 12.1. The summed E-state index contributed by atoms with van der Waals surface area (Å²) in [6, 6.07) is 9.96. The second-order valence-electron chi connectivity index (χ2n) is 4.90. The lowest BCUT2D eigenvalue weighted by Crippen LogP contribution is -2.51. The van der Waals surface area contributed by atoms with Crippen LogP contribution < -0.4 is 10.2 Å². The Morgan fingerprint density at radius 2 is 2.05 bits per heavy atom. The van der Waals surface area contributed by atoms with E-state index in [2.05, 4.69) is 15.2 Å². The Balaban J connectivity index is 1.48. The predicted molar refractivity (Wildman–Crippen MR) is 84.6 cm³/mol.